The van der Waals surface area contributed by atoms with Crippen molar-refractivity contribution in [2.24, 2.45) is 0 Å². The quantitative estimate of drug-likeness (QED) is 0.0925. The van der Waals surface area contributed by atoms with Crippen molar-refractivity contribution < 1.29 is 57.1 Å². The highest BCUT2D eigenvalue weighted by atomic mass is 127. The minimum Gasteiger partial charge on any atom is -1.00 e. The SMILES string of the molecule is CCCCCCCCCCCCCCCCCCNC(=O)OCC(COC(=O)N(C(C)=O)c1csc(C)[n+]1CC)OC.[I-]. The van der Waals surface area contributed by atoms with Gasteiger partial charge in [-0.3, -0.25) is 0 Å². The lowest BCUT2D eigenvalue weighted by Gasteiger charge is -2.17. The maximum Gasteiger partial charge on any atom is 0.515 e. The van der Waals surface area contributed by atoms with Crippen molar-refractivity contribution >= 4 is 35.2 Å². The summed E-state index contributed by atoms with van der Waals surface area (Å²) in [5.41, 5.74) is 0. The Morgan fingerprint density at radius 1 is 0.837 bits per heavy atom. The van der Waals surface area contributed by atoms with Gasteiger partial charge in [-0.25, -0.2) is 14.2 Å². The Morgan fingerprint density at radius 3 is 1.79 bits per heavy atom. The molecular formula is C32H58IN3O6S. The summed E-state index contributed by atoms with van der Waals surface area (Å²) in [4.78, 5) is 38.0. The van der Waals surface area contributed by atoms with E-state index in [1.54, 1.807) is 5.38 Å². The number of aryl methyl sites for hydroxylation is 1. The summed E-state index contributed by atoms with van der Waals surface area (Å²) in [6, 6.07) is 0. The minimum atomic E-state index is -0.794. The van der Waals surface area contributed by atoms with Gasteiger partial charge < -0.3 is 43.5 Å². The van der Waals surface area contributed by atoms with Crippen LogP contribution in [0.5, 0.6) is 0 Å². The van der Waals surface area contributed by atoms with E-state index < -0.39 is 24.2 Å². The molecule has 0 aromatic carbocycles. The normalized spacial score (nSPS) is 11.5. The number of ether oxygens (including phenoxy) is 3. The number of halogens is 1. The summed E-state index contributed by atoms with van der Waals surface area (Å²) in [6.07, 6.45) is 19.0. The van der Waals surface area contributed by atoms with E-state index in [-0.39, 0.29) is 37.2 Å². The van der Waals surface area contributed by atoms with Gasteiger partial charge in [0.05, 0.1) is 11.9 Å². The minimum absolute atomic E-state index is 0. The molecule has 3 amide bonds. The first kappa shape index (κ1) is 41.5. The third-order valence-corrected chi connectivity index (χ3v) is 8.35. The highest BCUT2D eigenvalue weighted by Gasteiger charge is 2.35. The van der Waals surface area contributed by atoms with Crippen molar-refractivity contribution in [1.82, 2.24) is 5.32 Å². The maximum atomic E-state index is 12.7. The number of amides is 3. The van der Waals surface area contributed by atoms with E-state index in [0.717, 1.165) is 22.7 Å². The van der Waals surface area contributed by atoms with Crippen LogP contribution in [-0.4, -0.2) is 51.1 Å². The van der Waals surface area contributed by atoms with Crippen LogP contribution < -0.4 is 38.8 Å². The highest BCUT2D eigenvalue weighted by molar-refractivity contribution is 7.09. The van der Waals surface area contributed by atoms with E-state index in [1.807, 2.05) is 18.4 Å². The van der Waals surface area contributed by atoms with E-state index in [0.29, 0.717) is 18.9 Å². The standard InChI is InChI=1S/C32H57N3O6S.HI/c1-6-8-9-10-11-12-13-14-15-16-17-18-19-20-21-22-23-33-31(37)40-24-29(39-5)25-41-32(38)35(27(3)36)30-26-42-28(4)34(30)7-2;/h26,29H,6-25H2,1-5H3;1H. The van der Waals surface area contributed by atoms with Gasteiger partial charge in [0.15, 0.2) is 5.01 Å². The number of carbonyl (C=O) groups excluding carboxylic acids is 3. The van der Waals surface area contributed by atoms with Gasteiger partial charge in [0, 0.05) is 27.5 Å². The zero-order valence-corrected chi connectivity index (χ0v) is 30.4. The van der Waals surface area contributed by atoms with Crippen LogP contribution in [0.2, 0.25) is 0 Å². The monoisotopic (exact) mass is 739 g/mol. The van der Waals surface area contributed by atoms with Gasteiger partial charge in [0.25, 0.3) is 0 Å². The van der Waals surface area contributed by atoms with Crippen LogP contribution in [0.25, 0.3) is 0 Å². The van der Waals surface area contributed by atoms with E-state index in [9.17, 15) is 14.4 Å². The molecule has 250 valence electrons. The molecule has 0 fully saturated rings. The number of carbonyl (C=O) groups is 3. The molecule has 1 aromatic rings. The molecule has 9 nitrogen and oxygen atoms in total. The number of imide groups is 1. The molecule has 1 rings (SSSR count). The van der Waals surface area contributed by atoms with Crippen LogP contribution in [0.3, 0.4) is 0 Å². The number of nitrogens with one attached hydrogen (secondary N) is 1. The van der Waals surface area contributed by atoms with Crippen molar-refractivity contribution in [3.8, 4) is 0 Å². The lowest BCUT2D eigenvalue weighted by atomic mass is 10.0. The van der Waals surface area contributed by atoms with Gasteiger partial charge in [-0.2, -0.15) is 4.79 Å². The first-order chi connectivity index (χ1) is 20.3. The number of methoxy groups -OCH3 is 1. The number of hydrogen-bond donors (Lipinski definition) is 1. The zero-order valence-electron chi connectivity index (χ0n) is 27.4. The molecule has 0 aliphatic heterocycles. The number of rotatable bonds is 24. The van der Waals surface area contributed by atoms with E-state index in [2.05, 4.69) is 12.2 Å². The van der Waals surface area contributed by atoms with Gasteiger partial charge in [0.2, 0.25) is 0 Å². The number of unbranched alkanes of at least 4 members (excludes halogenated alkanes) is 15. The molecule has 1 aromatic heterocycles. The molecule has 43 heavy (non-hydrogen) atoms. The summed E-state index contributed by atoms with van der Waals surface area (Å²) in [5, 5.41) is 5.49. The summed E-state index contributed by atoms with van der Waals surface area (Å²) in [7, 11) is 1.45. The Labute approximate surface area is 281 Å². The summed E-state index contributed by atoms with van der Waals surface area (Å²) < 4.78 is 17.7. The summed E-state index contributed by atoms with van der Waals surface area (Å²) in [6.45, 7) is 8.41. The molecule has 0 saturated carbocycles. The summed E-state index contributed by atoms with van der Waals surface area (Å²) in [5.74, 6) is 0.0230. The number of aromatic nitrogens is 1. The molecule has 1 heterocycles. The van der Waals surface area contributed by atoms with Gasteiger partial charge in [-0.1, -0.05) is 119 Å². The molecule has 0 aliphatic rings. The average Bonchev–Trinajstić information content (AvgIpc) is 3.33. The van der Waals surface area contributed by atoms with Crippen LogP contribution in [0.1, 0.15) is 129 Å². The third kappa shape index (κ3) is 18.8. The molecular weight excluding hydrogens is 681 g/mol. The first-order valence-electron chi connectivity index (χ1n) is 16.2. The number of thiazole rings is 1. The van der Waals surface area contributed by atoms with Crippen molar-refractivity contribution in [1.29, 1.82) is 0 Å². The first-order valence-corrected chi connectivity index (χ1v) is 17.1. The van der Waals surface area contributed by atoms with Crippen molar-refractivity contribution in [3.05, 3.63) is 10.4 Å². The average molecular weight is 740 g/mol. The molecule has 0 spiro atoms. The lowest BCUT2D eigenvalue weighted by molar-refractivity contribution is -0.681. The largest absolute Gasteiger partial charge is 1.00 e. The van der Waals surface area contributed by atoms with Gasteiger partial charge in [-0.15, -0.1) is 0 Å². The third-order valence-electron chi connectivity index (χ3n) is 7.46. The molecule has 1 N–H and O–H groups in total. The number of alkyl carbamates (subject to hydrolysis) is 1. The van der Waals surface area contributed by atoms with Crippen LogP contribution in [0.15, 0.2) is 5.38 Å². The second-order valence-corrected chi connectivity index (χ2v) is 12.0. The molecule has 1 unspecified atom stereocenters. The lowest BCUT2D eigenvalue weighted by Crippen LogP contribution is -3.00. The fourth-order valence-corrected chi connectivity index (χ4v) is 5.72. The second-order valence-electron chi connectivity index (χ2n) is 11.0. The maximum absolute atomic E-state index is 12.7. The van der Waals surface area contributed by atoms with Crippen LogP contribution in [-0.2, 0) is 25.5 Å². The van der Waals surface area contributed by atoms with Crippen LogP contribution in [0, 0.1) is 6.92 Å². The Bertz CT molecular complexity index is 885. The number of nitrogens with zero attached hydrogens (tertiary/aromatic N) is 2. The Balaban J connectivity index is 0.0000176. The Morgan fingerprint density at radius 2 is 1.33 bits per heavy atom. The fourth-order valence-electron chi connectivity index (χ4n) is 4.86. The predicted octanol–water partition coefficient (Wildman–Crippen LogP) is 4.86. The molecule has 0 saturated heterocycles. The van der Waals surface area contributed by atoms with Gasteiger partial charge in [0.1, 0.15) is 19.3 Å². The van der Waals surface area contributed by atoms with Crippen LogP contribution in [0.4, 0.5) is 15.4 Å². The predicted molar refractivity (Wildman–Crippen MR) is 169 cm³/mol. The Kier molecular flexibility index (Phi) is 26.0. The smallest absolute Gasteiger partial charge is 0.515 e. The van der Waals surface area contributed by atoms with Gasteiger partial charge >= 0.3 is 23.9 Å². The summed E-state index contributed by atoms with van der Waals surface area (Å²) >= 11 is 1.45. The number of hydrogen-bond acceptors (Lipinski definition) is 7. The van der Waals surface area contributed by atoms with Crippen LogP contribution >= 0.6 is 11.3 Å². The molecule has 1 atom stereocenters. The molecule has 0 radical (unpaired) electrons. The second kappa shape index (κ2) is 26.9. The zero-order chi connectivity index (χ0) is 31.0. The fraction of sp³-hybridized carbons (Fsp3) is 0.812. The van der Waals surface area contributed by atoms with Gasteiger partial charge in [-0.05, 0) is 13.3 Å². The number of anilines is 1. The molecule has 0 bridgehead atoms. The van der Waals surface area contributed by atoms with Crippen molar-refractivity contribution in [2.75, 3.05) is 31.8 Å². The van der Waals surface area contributed by atoms with Crippen molar-refractivity contribution in [3.63, 3.8) is 0 Å². The van der Waals surface area contributed by atoms with Crippen molar-refractivity contribution in [2.45, 2.75) is 143 Å². The topological polar surface area (TPSA) is 98.0 Å². The van der Waals surface area contributed by atoms with E-state index >= 15 is 0 Å². The van der Waals surface area contributed by atoms with E-state index in [4.69, 9.17) is 14.2 Å². The molecule has 0 aliphatic carbocycles. The van der Waals surface area contributed by atoms with E-state index in [1.165, 1.54) is 115 Å². The Hall–Kier alpha value is -1.47. The molecule has 11 heteroatoms. The highest BCUT2D eigenvalue weighted by Crippen LogP contribution is 2.18.